The molecule has 3 heterocycles. The van der Waals surface area contributed by atoms with Gasteiger partial charge in [-0.2, -0.15) is 0 Å². The van der Waals surface area contributed by atoms with Crippen molar-refractivity contribution < 1.29 is 18.5 Å². The summed E-state index contributed by atoms with van der Waals surface area (Å²) >= 11 is 6.60. The average Bonchev–Trinajstić information content (AvgIpc) is 3.52. The van der Waals surface area contributed by atoms with E-state index < -0.39 is 5.54 Å². The molecule has 0 atom stereocenters. The highest BCUT2D eigenvalue weighted by molar-refractivity contribution is 6.35. The number of urea groups is 1. The number of nitrogens with one attached hydrogen (secondary N) is 2. The summed E-state index contributed by atoms with van der Waals surface area (Å²) in [4.78, 5) is 27.3. The van der Waals surface area contributed by atoms with Crippen molar-refractivity contribution in [3.63, 3.8) is 0 Å². The molecule has 8 nitrogen and oxygen atoms in total. The van der Waals surface area contributed by atoms with Gasteiger partial charge in [0.25, 0.3) is 5.91 Å². The number of anilines is 1. The Bertz CT molecular complexity index is 1470. The fraction of sp³-hybridized carbons (Fsp3) is 0.296. The molecule has 2 aliphatic rings. The first-order valence-corrected chi connectivity index (χ1v) is 12.4. The summed E-state index contributed by atoms with van der Waals surface area (Å²) in [5, 5.41) is 11.3. The first-order valence-electron chi connectivity index (χ1n) is 12.1. The molecule has 0 radical (unpaired) electrons. The Kier molecular flexibility index (Phi) is 5.48. The standard InChI is InChI=1S/C27H25ClN4O4/c1-32(15-18-14-20(36-31-18)16-8-4-2-5-9-16)25(33)21-13-17-12-19(28)23-22(24(17)35-21)27(30-26(34)29-23)10-6-3-7-11-27/h2,4-5,8-9,12-14H,3,6-7,10-11,15H2,1H3,(H2,29,30,34). The minimum absolute atomic E-state index is 0.201. The first-order chi connectivity index (χ1) is 17.4. The second-order valence-corrected chi connectivity index (χ2v) is 9.98. The largest absolute Gasteiger partial charge is 0.450 e. The van der Waals surface area contributed by atoms with Gasteiger partial charge in [0.15, 0.2) is 11.5 Å². The molecule has 2 N–H and O–H groups in total. The van der Waals surface area contributed by atoms with Crippen molar-refractivity contribution in [1.29, 1.82) is 0 Å². The van der Waals surface area contributed by atoms with Crippen molar-refractivity contribution in [2.75, 3.05) is 12.4 Å². The summed E-state index contributed by atoms with van der Waals surface area (Å²) in [5.41, 5.74) is 2.96. The SMILES string of the molecule is CN(Cc1cc(-c2ccccc2)on1)C(=O)c1cc2cc(Cl)c3c(c2o1)C1(CCCCC1)NC(=O)N3. The van der Waals surface area contributed by atoms with Crippen molar-refractivity contribution in [2.24, 2.45) is 0 Å². The zero-order chi connectivity index (χ0) is 24.9. The van der Waals surface area contributed by atoms with E-state index in [4.69, 9.17) is 20.5 Å². The molecule has 1 aliphatic heterocycles. The number of carbonyl (C=O) groups excluding carboxylic acids is 2. The molecule has 184 valence electrons. The number of halogens is 1. The molecule has 2 aromatic heterocycles. The van der Waals surface area contributed by atoms with E-state index in [0.717, 1.165) is 48.6 Å². The van der Waals surface area contributed by atoms with Crippen LogP contribution in [0.1, 0.15) is 53.9 Å². The number of benzene rings is 2. The number of amides is 3. The predicted molar refractivity (Wildman–Crippen MR) is 136 cm³/mol. The highest BCUT2D eigenvalue weighted by atomic mass is 35.5. The number of hydrogen-bond donors (Lipinski definition) is 2. The maximum absolute atomic E-state index is 13.3. The third-order valence-corrected chi connectivity index (χ3v) is 7.41. The van der Waals surface area contributed by atoms with Crippen molar-refractivity contribution in [1.82, 2.24) is 15.4 Å². The van der Waals surface area contributed by atoms with E-state index in [1.807, 2.05) is 36.4 Å². The van der Waals surface area contributed by atoms with E-state index in [2.05, 4.69) is 15.8 Å². The van der Waals surface area contributed by atoms with E-state index in [0.29, 0.717) is 27.7 Å². The van der Waals surface area contributed by atoms with Gasteiger partial charge in [0, 0.05) is 29.6 Å². The van der Waals surface area contributed by atoms with E-state index >= 15 is 0 Å². The fourth-order valence-electron chi connectivity index (χ4n) is 5.42. The summed E-state index contributed by atoms with van der Waals surface area (Å²) in [6, 6.07) is 14.7. The Morgan fingerprint density at radius 1 is 1.14 bits per heavy atom. The number of carbonyl (C=O) groups is 2. The van der Waals surface area contributed by atoms with Gasteiger partial charge in [-0.3, -0.25) is 4.79 Å². The van der Waals surface area contributed by atoms with Gasteiger partial charge in [-0.25, -0.2) is 4.79 Å². The summed E-state index contributed by atoms with van der Waals surface area (Å²) in [7, 11) is 1.69. The minimum Gasteiger partial charge on any atom is -0.450 e. The normalized spacial score (nSPS) is 16.4. The van der Waals surface area contributed by atoms with Gasteiger partial charge in [-0.1, -0.05) is 66.4 Å². The van der Waals surface area contributed by atoms with Gasteiger partial charge in [0.2, 0.25) is 0 Å². The number of rotatable bonds is 4. The molecule has 2 aromatic carbocycles. The summed E-state index contributed by atoms with van der Waals surface area (Å²) < 4.78 is 11.7. The Morgan fingerprint density at radius 3 is 2.69 bits per heavy atom. The summed E-state index contributed by atoms with van der Waals surface area (Å²) in [5.74, 6) is 0.557. The van der Waals surface area contributed by atoms with Crippen molar-refractivity contribution >= 4 is 40.2 Å². The van der Waals surface area contributed by atoms with Crippen LogP contribution in [-0.4, -0.2) is 29.0 Å². The van der Waals surface area contributed by atoms with Crippen molar-refractivity contribution in [3.8, 4) is 11.3 Å². The Labute approximate surface area is 212 Å². The maximum Gasteiger partial charge on any atom is 0.319 e. The number of aromatic nitrogens is 1. The van der Waals surface area contributed by atoms with E-state index in [1.165, 1.54) is 4.90 Å². The van der Waals surface area contributed by atoms with Crippen LogP contribution < -0.4 is 10.6 Å². The predicted octanol–water partition coefficient (Wildman–Crippen LogP) is 6.31. The molecule has 1 fully saturated rings. The molecule has 36 heavy (non-hydrogen) atoms. The Morgan fingerprint density at radius 2 is 1.92 bits per heavy atom. The van der Waals surface area contributed by atoms with Crippen LogP contribution >= 0.6 is 11.6 Å². The molecule has 0 saturated heterocycles. The molecule has 0 unspecified atom stereocenters. The third-order valence-electron chi connectivity index (χ3n) is 7.11. The van der Waals surface area contributed by atoms with Crippen LogP contribution in [0.15, 0.2) is 57.5 Å². The maximum atomic E-state index is 13.3. The molecular weight excluding hydrogens is 480 g/mol. The second-order valence-electron chi connectivity index (χ2n) is 9.57. The van der Waals surface area contributed by atoms with Crippen LogP contribution in [0.3, 0.4) is 0 Å². The monoisotopic (exact) mass is 504 g/mol. The minimum atomic E-state index is -0.558. The zero-order valence-electron chi connectivity index (χ0n) is 19.8. The Hall–Kier alpha value is -3.78. The number of hydrogen-bond acceptors (Lipinski definition) is 5. The van der Waals surface area contributed by atoms with Crippen LogP contribution in [0.25, 0.3) is 22.3 Å². The smallest absolute Gasteiger partial charge is 0.319 e. The van der Waals surface area contributed by atoms with E-state index in [-0.39, 0.29) is 24.2 Å². The molecule has 9 heteroatoms. The fourth-order valence-corrected chi connectivity index (χ4v) is 5.68. The Balaban J connectivity index is 1.32. The highest BCUT2D eigenvalue weighted by Crippen LogP contribution is 2.49. The number of furan rings is 1. The molecule has 6 rings (SSSR count). The summed E-state index contributed by atoms with van der Waals surface area (Å²) in [6.07, 6.45) is 4.69. The van der Waals surface area contributed by atoms with Crippen LogP contribution in [0.4, 0.5) is 10.5 Å². The molecular formula is C27H25ClN4O4. The van der Waals surface area contributed by atoms with Gasteiger partial charge in [-0.15, -0.1) is 0 Å². The van der Waals surface area contributed by atoms with Crippen molar-refractivity contribution in [3.05, 3.63) is 70.6 Å². The number of nitrogens with zero attached hydrogens (tertiary/aromatic N) is 2. The highest BCUT2D eigenvalue weighted by Gasteiger charge is 2.44. The van der Waals surface area contributed by atoms with Crippen LogP contribution in [0, 0.1) is 0 Å². The molecule has 1 saturated carbocycles. The van der Waals surface area contributed by atoms with Gasteiger partial charge in [0.1, 0.15) is 11.3 Å². The zero-order valence-corrected chi connectivity index (χ0v) is 20.5. The molecule has 0 bridgehead atoms. The molecule has 4 aromatic rings. The quantitative estimate of drug-likeness (QED) is 0.339. The van der Waals surface area contributed by atoms with E-state index in [9.17, 15) is 9.59 Å². The average molecular weight is 505 g/mol. The van der Waals surface area contributed by atoms with E-state index in [1.54, 1.807) is 19.2 Å². The van der Waals surface area contributed by atoms with Crippen LogP contribution in [0.2, 0.25) is 5.02 Å². The lowest BCUT2D eigenvalue weighted by Gasteiger charge is -2.42. The van der Waals surface area contributed by atoms with Crippen molar-refractivity contribution in [2.45, 2.75) is 44.2 Å². The third kappa shape index (κ3) is 3.82. The number of fused-ring (bicyclic) bond motifs is 4. The topological polar surface area (TPSA) is 101 Å². The van der Waals surface area contributed by atoms with Crippen LogP contribution in [-0.2, 0) is 12.1 Å². The first kappa shape index (κ1) is 22.7. The summed E-state index contributed by atoms with van der Waals surface area (Å²) in [6.45, 7) is 0.257. The lowest BCUT2D eigenvalue weighted by molar-refractivity contribution is 0.0752. The van der Waals surface area contributed by atoms with Gasteiger partial charge < -0.3 is 24.5 Å². The molecule has 1 spiro atoms. The van der Waals surface area contributed by atoms with Gasteiger partial charge in [-0.05, 0) is 25.0 Å². The van der Waals surface area contributed by atoms with Gasteiger partial charge >= 0.3 is 6.03 Å². The van der Waals surface area contributed by atoms with Crippen LogP contribution in [0.5, 0.6) is 0 Å². The lowest BCUT2D eigenvalue weighted by atomic mass is 9.74. The molecule has 3 amide bonds. The second kappa shape index (κ2) is 8.71. The molecule has 1 aliphatic carbocycles. The van der Waals surface area contributed by atoms with Gasteiger partial charge in [0.05, 0.1) is 22.8 Å². The lowest BCUT2D eigenvalue weighted by Crippen LogP contribution is -2.52.